The topological polar surface area (TPSA) is 49.4 Å². The smallest absolute Gasteiger partial charge is 0.243 e. The minimum atomic E-state index is -0.780. The van der Waals surface area contributed by atoms with Gasteiger partial charge in [0.1, 0.15) is 11.9 Å². The van der Waals surface area contributed by atoms with Crippen LogP contribution in [0, 0.1) is 5.82 Å². The summed E-state index contributed by atoms with van der Waals surface area (Å²) in [4.78, 5) is 29.1. The predicted octanol–water partition coefficient (Wildman–Crippen LogP) is 6.76. The fourth-order valence-corrected chi connectivity index (χ4v) is 5.19. The molecule has 3 aromatic carbocycles. The van der Waals surface area contributed by atoms with Gasteiger partial charge in [-0.15, -0.1) is 0 Å². The number of rotatable bonds is 9. The summed E-state index contributed by atoms with van der Waals surface area (Å²) in [5.41, 5.74) is 1.88. The Morgan fingerprint density at radius 3 is 2.27 bits per heavy atom. The van der Waals surface area contributed by atoms with Gasteiger partial charge in [0.15, 0.2) is 0 Å². The first kappa shape index (κ1) is 27.2. The van der Waals surface area contributed by atoms with E-state index >= 15 is 0 Å². The fourth-order valence-electron chi connectivity index (χ4n) is 4.84. The van der Waals surface area contributed by atoms with Crippen LogP contribution in [0.1, 0.15) is 48.8 Å². The molecule has 194 valence electrons. The van der Waals surface area contributed by atoms with Crippen molar-refractivity contribution in [3.05, 3.63) is 105 Å². The number of hydrogen-bond donors (Lipinski definition) is 1. The van der Waals surface area contributed by atoms with Gasteiger partial charge >= 0.3 is 0 Å². The van der Waals surface area contributed by atoms with Gasteiger partial charge in [0.25, 0.3) is 0 Å². The third-order valence-corrected chi connectivity index (χ3v) is 7.48. The molecule has 1 aliphatic rings. The number of benzene rings is 3. The molecule has 1 fully saturated rings. The average Bonchev–Trinajstić information content (AvgIpc) is 2.90. The molecule has 4 nitrogen and oxygen atoms in total. The number of carbonyl (C=O) groups excluding carboxylic acids is 2. The van der Waals surface area contributed by atoms with Gasteiger partial charge in [-0.2, -0.15) is 0 Å². The summed E-state index contributed by atoms with van der Waals surface area (Å²) < 4.78 is 14.6. The first-order valence-corrected chi connectivity index (χ1v) is 13.5. The number of nitrogens with zero attached hydrogens (tertiary/aromatic N) is 1. The van der Waals surface area contributed by atoms with Gasteiger partial charge in [-0.05, 0) is 48.2 Å². The van der Waals surface area contributed by atoms with E-state index in [-0.39, 0.29) is 41.4 Å². The molecule has 3 aromatic rings. The van der Waals surface area contributed by atoms with Gasteiger partial charge < -0.3 is 10.2 Å². The summed E-state index contributed by atoms with van der Waals surface area (Å²) in [7, 11) is 0. The lowest BCUT2D eigenvalue weighted by Crippen LogP contribution is -2.53. The number of amides is 2. The van der Waals surface area contributed by atoms with Gasteiger partial charge in [0, 0.05) is 34.6 Å². The first-order valence-electron chi connectivity index (χ1n) is 12.7. The van der Waals surface area contributed by atoms with E-state index in [9.17, 15) is 14.0 Å². The van der Waals surface area contributed by atoms with Crippen molar-refractivity contribution in [2.24, 2.45) is 0 Å². The molecule has 0 spiro atoms. The predicted molar refractivity (Wildman–Crippen MR) is 146 cm³/mol. The zero-order chi connectivity index (χ0) is 26.2. The molecule has 7 heteroatoms. The molecule has 0 heterocycles. The summed E-state index contributed by atoms with van der Waals surface area (Å²) in [6.45, 7) is 0.178. The zero-order valence-corrected chi connectivity index (χ0v) is 22.1. The Labute approximate surface area is 227 Å². The molecule has 1 N–H and O–H groups in total. The zero-order valence-electron chi connectivity index (χ0n) is 20.6. The van der Waals surface area contributed by atoms with Crippen LogP contribution in [-0.4, -0.2) is 28.8 Å². The van der Waals surface area contributed by atoms with Crippen molar-refractivity contribution in [3.8, 4) is 0 Å². The highest BCUT2D eigenvalue weighted by Gasteiger charge is 2.32. The molecule has 1 unspecified atom stereocenters. The molecule has 0 saturated heterocycles. The van der Waals surface area contributed by atoms with E-state index in [1.807, 2.05) is 42.5 Å². The second-order valence-corrected chi connectivity index (χ2v) is 10.4. The number of hydrogen-bond acceptors (Lipinski definition) is 2. The Bertz CT molecular complexity index is 1180. The van der Waals surface area contributed by atoms with Gasteiger partial charge in [0.05, 0.1) is 6.42 Å². The van der Waals surface area contributed by atoms with Crippen molar-refractivity contribution in [2.45, 2.75) is 63.6 Å². The van der Waals surface area contributed by atoms with E-state index in [4.69, 9.17) is 23.2 Å². The third kappa shape index (κ3) is 7.56. The van der Waals surface area contributed by atoms with E-state index in [1.54, 1.807) is 23.1 Å². The van der Waals surface area contributed by atoms with Crippen LogP contribution in [0.25, 0.3) is 0 Å². The lowest BCUT2D eigenvalue weighted by molar-refractivity contribution is -0.141. The quantitative estimate of drug-likeness (QED) is 0.325. The van der Waals surface area contributed by atoms with Gasteiger partial charge in [-0.3, -0.25) is 9.59 Å². The second-order valence-electron chi connectivity index (χ2n) is 9.57. The average molecular weight is 541 g/mol. The highest BCUT2D eigenvalue weighted by molar-refractivity contribution is 6.31. The van der Waals surface area contributed by atoms with Gasteiger partial charge in [-0.25, -0.2) is 4.39 Å². The van der Waals surface area contributed by atoms with Crippen LogP contribution < -0.4 is 5.32 Å². The molecule has 0 aromatic heterocycles. The third-order valence-electron chi connectivity index (χ3n) is 6.88. The molecule has 1 saturated carbocycles. The Morgan fingerprint density at radius 1 is 0.892 bits per heavy atom. The normalized spacial score (nSPS) is 14.7. The minimum Gasteiger partial charge on any atom is -0.352 e. The number of halogens is 3. The standard InChI is InChI=1S/C30H31Cl2FN2O2/c31-23-16-14-22(15-17-23)20-35(29(36)19-25-26(32)12-7-13-27(25)33)28(18-21-8-3-1-4-9-21)30(37)34-24-10-5-2-6-11-24/h1,3-4,7-9,12-17,24,28H,2,5-6,10-11,18-20H2,(H,34,37). The van der Waals surface area contributed by atoms with E-state index < -0.39 is 11.9 Å². The van der Waals surface area contributed by atoms with Crippen LogP contribution >= 0.6 is 23.2 Å². The van der Waals surface area contributed by atoms with E-state index in [0.717, 1.165) is 36.8 Å². The van der Waals surface area contributed by atoms with Crippen LogP contribution in [0.3, 0.4) is 0 Å². The summed E-state index contributed by atoms with van der Waals surface area (Å²) in [5.74, 6) is -1.11. The maximum Gasteiger partial charge on any atom is 0.243 e. The monoisotopic (exact) mass is 540 g/mol. The molecule has 37 heavy (non-hydrogen) atoms. The lowest BCUT2D eigenvalue weighted by Gasteiger charge is -2.33. The van der Waals surface area contributed by atoms with Crippen molar-refractivity contribution in [2.75, 3.05) is 0 Å². The van der Waals surface area contributed by atoms with E-state index in [2.05, 4.69) is 5.32 Å². The Balaban J connectivity index is 1.68. The maximum atomic E-state index is 14.6. The minimum absolute atomic E-state index is 0.0908. The molecule has 4 rings (SSSR count). The van der Waals surface area contributed by atoms with Crippen LogP contribution in [0.2, 0.25) is 10.0 Å². The molecule has 1 atom stereocenters. The summed E-state index contributed by atoms with van der Waals surface area (Å²) in [6, 6.07) is 20.5. The molecular weight excluding hydrogens is 510 g/mol. The van der Waals surface area contributed by atoms with Crippen LogP contribution in [0.5, 0.6) is 0 Å². The summed E-state index contributed by atoms with van der Waals surface area (Å²) in [5, 5.41) is 3.97. The number of nitrogens with one attached hydrogen (secondary N) is 1. The molecule has 1 aliphatic carbocycles. The van der Waals surface area contributed by atoms with Crippen LogP contribution in [0.15, 0.2) is 72.8 Å². The van der Waals surface area contributed by atoms with Crippen LogP contribution in [-0.2, 0) is 29.0 Å². The molecule has 0 radical (unpaired) electrons. The molecular formula is C30H31Cl2FN2O2. The van der Waals surface area contributed by atoms with Gasteiger partial charge in [0.2, 0.25) is 11.8 Å². The fraction of sp³-hybridized carbons (Fsp3) is 0.333. The Morgan fingerprint density at radius 2 is 1.59 bits per heavy atom. The highest BCUT2D eigenvalue weighted by Crippen LogP contribution is 2.24. The van der Waals surface area contributed by atoms with Crippen molar-refractivity contribution >= 4 is 35.0 Å². The van der Waals surface area contributed by atoms with E-state index in [0.29, 0.717) is 11.4 Å². The Hall–Kier alpha value is -2.89. The largest absolute Gasteiger partial charge is 0.352 e. The van der Waals surface area contributed by atoms with Crippen molar-refractivity contribution in [1.82, 2.24) is 10.2 Å². The van der Waals surface area contributed by atoms with Crippen molar-refractivity contribution in [1.29, 1.82) is 0 Å². The molecule has 2 amide bonds. The number of carbonyl (C=O) groups is 2. The molecule has 0 bridgehead atoms. The summed E-state index contributed by atoms with van der Waals surface area (Å²) >= 11 is 12.3. The SMILES string of the molecule is O=C(NC1CCCCC1)C(Cc1ccccc1)N(Cc1ccc(Cl)cc1)C(=O)Cc1c(F)cccc1Cl. The maximum absolute atomic E-state index is 14.6. The Kier molecular flexibility index (Phi) is 9.59. The van der Waals surface area contributed by atoms with Crippen molar-refractivity contribution in [3.63, 3.8) is 0 Å². The first-order chi connectivity index (χ1) is 17.9. The van der Waals surface area contributed by atoms with Gasteiger partial charge in [-0.1, -0.05) is 91.0 Å². The van der Waals surface area contributed by atoms with Crippen molar-refractivity contribution < 1.29 is 14.0 Å². The second kappa shape index (κ2) is 13.1. The van der Waals surface area contributed by atoms with E-state index in [1.165, 1.54) is 18.6 Å². The van der Waals surface area contributed by atoms with Crippen LogP contribution in [0.4, 0.5) is 4.39 Å². The lowest BCUT2D eigenvalue weighted by atomic mass is 9.94. The highest BCUT2D eigenvalue weighted by atomic mass is 35.5. The molecule has 0 aliphatic heterocycles. The summed E-state index contributed by atoms with van der Waals surface area (Å²) in [6.07, 6.45) is 5.27.